The van der Waals surface area contributed by atoms with Gasteiger partial charge in [0.2, 0.25) is 0 Å². The number of rotatable bonds is 11. The van der Waals surface area contributed by atoms with Crippen LogP contribution in [0.4, 0.5) is 0 Å². The van der Waals surface area contributed by atoms with Gasteiger partial charge >= 0.3 is 29.0 Å². The second-order valence-corrected chi connectivity index (χ2v) is 10.8. The van der Waals surface area contributed by atoms with Crippen molar-refractivity contribution < 1.29 is 22.2 Å². The number of aliphatic carboxylic acids is 1. The standard InChI is InChI=1S/C37H32N2O4.Mg.2H/c1-37(23-22-36(40)41,28-12-18-32(19-13-28)42-24-30-16-10-26-6-2-4-8-34(26)38-30)29-14-20-33(21-15-29)43-25-31-17-11-27-7-3-5-9-35(27)39-31;;;/h2-21H,22-25H2,1H3,(H,40,41);;;/q;+2;2*-1. The van der Waals surface area contributed by atoms with Gasteiger partial charge in [0.1, 0.15) is 24.7 Å². The number of carboxylic acids is 1. The van der Waals surface area contributed by atoms with Crippen LogP contribution >= 0.6 is 0 Å². The van der Waals surface area contributed by atoms with Crippen LogP contribution in [0.3, 0.4) is 0 Å². The van der Waals surface area contributed by atoms with E-state index in [2.05, 4.69) is 29.0 Å². The summed E-state index contributed by atoms with van der Waals surface area (Å²) in [6.45, 7) is 2.80. The Kier molecular flexibility index (Phi) is 9.77. The molecule has 0 aliphatic heterocycles. The first-order valence-corrected chi connectivity index (χ1v) is 14.3. The molecule has 0 spiro atoms. The van der Waals surface area contributed by atoms with Crippen molar-refractivity contribution in [3.63, 3.8) is 0 Å². The quantitative estimate of drug-likeness (QED) is 0.153. The number of fused-ring (bicyclic) bond motifs is 2. The molecule has 44 heavy (non-hydrogen) atoms. The fraction of sp³-hybridized carbons (Fsp3) is 0.162. The van der Waals surface area contributed by atoms with Crippen LogP contribution in [0.15, 0.2) is 121 Å². The van der Waals surface area contributed by atoms with Gasteiger partial charge in [0, 0.05) is 22.6 Å². The molecule has 6 rings (SSSR count). The predicted octanol–water partition coefficient (Wildman–Crippen LogP) is 7.96. The molecule has 0 bridgehead atoms. The Morgan fingerprint density at radius 2 is 1.09 bits per heavy atom. The molecule has 6 nitrogen and oxygen atoms in total. The normalized spacial score (nSPS) is 11.2. The van der Waals surface area contributed by atoms with E-state index in [1.165, 1.54) is 0 Å². The first kappa shape index (κ1) is 31.0. The van der Waals surface area contributed by atoms with E-state index < -0.39 is 11.4 Å². The molecule has 0 fully saturated rings. The van der Waals surface area contributed by atoms with Gasteiger partial charge in [-0.3, -0.25) is 4.79 Å². The summed E-state index contributed by atoms with van der Waals surface area (Å²) in [6.07, 6.45) is 0.499. The zero-order valence-electron chi connectivity index (χ0n) is 26.6. The third-order valence-corrected chi connectivity index (χ3v) is 7.91. The summed E-state index contributed by atoms with van der Waals surface area (Å²) in [7, 11) is 0. The molecule has 0 atom stereocenters. The average molecular weight is 595 g/mol. The number of benzene rings is 4. The molecule has 2 aromatic heterocycles. The van der Waals surface area contributed by atoms with Crippen molar-refractivity contribution in [2.24, 2.45) is 0 Å². The van der Waals surface area contributed by atoms with E-state index in [-0.39, 0.29) is 32.3 Å². The third-order valence-electron chi connectivity index (χ3n) is 7.91. The number of hydrogen-bond acceptors (Lipinski definition) is 5. The maximum absolute atomic E-state index is 11.6. The van der Waals surface area contributed by atoms with Crippen molar-refractivity contribution in [1.82, 2.24) is 9.97 Å². The molecule has 0 unspecified atom stereocenters. The molecule has 2 heterocycles. The zero-order valence-corrected chi connectivity index (χ0v) is 26.1. The van der Waals surface area contributed by atoms with Gasteiger partial charge in [-0.25, -0.2) is 9.97 Å². The van der Waals surface area contributed by atoms with Gasteiger partial charge in [-0.1, -0.05) is 79.7 Å². The number of nitrogens with zero attached hydrogens (tertiary/aromatic N) is 2. The summed E-state index contributed by atoms with van der Waals surface area (Å²) in [6, 6.07) is 39.9. The fourth-order valence-electron chi connectivity index (χ4n) is 5.34. The van der Waals surface area contributed by atoms with Gasteiger partial charge in [0.05, 0.1) is 22.4 Å². The van der Waals surface area contributed by atoms with Crippen LogP contribution in [0, 0.1) is 0 Å². The fourth-order valence-corrected chi connectivity index (χ4v) is 5.34. The minimum Gasteiger partial charge on any atom is -1.00 e. The molecule has 6 aromatic rings. The minimum atomic E-state index is -0.822. The van der Waals surface area contributed by atoms with E-state index in [0.717, 1.165) is 55.8 Å². The molecule has 0 aliphatic carbocycles. The second-order valence-electron chi connectivity index (χ2n) is 10.8. The molecule has 218 valence electrons. The summed E-state index contributed by atoms with van der Waals surface area (Å²) in [5.74, 6) is 0.632. The van der Waals surface area contributed by atoms with Crippen LogP contribution in [-0.2, 0) is 23.4 Å². The van der Waals surface area contributed by atoms with E-state index in [1.807, 2.05) is 109 Å². The number of carbonyl (C=O) groups is 1. The van der Waals surface area contributed by atoms with Crippen molar-refractivity contribution in [3.05, 3.63) is 144 Å². The summed E-state index contributed by atoms with van der Waals surface area (Å²) in [5, 5.41) is 11.7. The van der Waals surface area contributed by atoms with E-state index >= 15 is 0 Å². The van der Waals surface area contributed by atoms with Crippen LogP contribution in [0.2, 0.25) is 0 Å². The summed E-state index contributed by atoms with van der Waals surface area (Å²) >= 11 is 0. The minimum absolute atomic E-state index is 0. The molecular formula is C37H34MgN2O4. The monoisotopic (exact) mass is 594 g/mol. The molecule has 4 aromatic carbocycles. The van der Waals surface area contributed by atoms with Crippen molar-refractivity contribution in [2.75, 3.05) is 0 Å². The molecule has 0 saturated carbocycles. The van der Waals surface area contributed by atoms with Crippen LogP contribution in [0.5, 0.6) is 11.5 Å². The number of ether oxygens (including phenoxy) is 2. The maximum atomic E-state index is 11.6. The van der Waals surface area contributed by atoms with Crippen molar-refractivity contribution in [2.45, 2.75) is 38.4 Å². The average Bonchev–Trinajstić information content (AvgIpc) is 3.05. The number of para-hydroxylation sites is 2. The summed E-state index contributed by atoms with van der Waals surface area (Å²) < 4.78 is 12.1. The third kappa shape index (κ3) is 7.18. The molecule has 0 amide bonds. The largest absolute Gasteiger partial charge is 2.00 e. The van der Waals surface area contributed by atoms with E-state index in [9.17, 15) is 9.90 Å². The predicted molar refractivity (Wildman–Crippen MR) is 176 cm³/mol. The first-order valence-electron chi connectivity index (χ1n) is 14.3. The number of aromatic nitrogens is 2. The van der Waals surface area contributed by atoms with Gasteiger partial charge in [-0.2, -0.15) is 0 Å². The van der Waals surface area contributed by atoms with Gasteiger partial charge in [-0.15, -0.1) is 0 Å². The zero-order chi connectivity index (χ0) is 29.6. The Hall–Kier alpha value is -4.46. The van der Waals surface area contributed by atoms with Gasteiger partial charge in [-0.05, 0) is 66.1 Å². The smallest absolute Gasteiger partial charge is 1.00 e. The molecule has 0 saturated heterocycles. The molecule has 7 heteroatoms. The van der Waals surface area contributed by atoms with Crippen LogP contribution < -0.4 is 9.47 Å². The molecule has 0 aliphatic rings. The van der Waals surface area contributed by atoms with E-state index in [1.54, 1.807) is 0 Å². The summed E-state index contributed by atoms with van der Waals surface area (Å²) in [5.41, 5.74) is 5.10. The van der Waals surface area contributed by atoms with Crippen molar-refractivity contribution >= 4 is 50.8 Å². The topological polar surface area (TPSA) is 81.5 Å². The second kappa shape index (κ2) is 13.9. The van der Waals surface area contributed by atoms with Gasteiger partial charge < -0.3 is 17.4 Å². The Bertz CT molecular complexity index is 1760. The van der Waals surface area contributed by atoms with Crippen molar-refractivity contribution in [1.29, 1.82) is 0 Å². The number of hydrogen-bond donors (Lipinski definition) is 1. The summed E-state index contributed by atoms with van der Waals surface area (Å²) in [4.78, 5) is 20.9. The Labute approximate surface area is 275 Å². The van der Waals surface area contributed by atoms with Crippen molar-refractivity contribution in [3.8, 4) is 11.5 Å². The van der Waals surface area contributed by atoms with Gasteiger partial charge in [0.25, 0.3) is 0 Å². The maximum Gasteiger partial charge on any atom is 2.00 e. The molecule has 1 N–H and O–H groups in total. The van der Waals surface area contributed by atoms with Crippen LogP contribution in [0.25, 0.3) is 21.8 Å². The number of carboxylic acid groups (broad SMARTS) is 1. The molecular weight excluding hydrogens is 561 g/mol. The Morgan fingerprint density at radius 1 is 0.659 bits per heavy atom. The van der Waals surface area contributed by atoms with Gasteiger partial charge in [0.15, 0.2) is 0 Å². The number of pyridine rings is 2. The van der Waals surface area contributed by atoms with E-state index in [4.69, 9.17) is 9.47 Å². The van der Waals surface area contributed by atoms with E-state index in [0.29, 0.717) is 19.6 Å². The van der Waals surface area contributed by atoms with Crippen LogP contribution in [-0.4, -0.2) is 44.1 Å². The SMILES string of the molecule is CC(CCC(=O)O)(c1ccc(OCc2ccc3ccccc3n2)cc1)c1ccc(OCc2ccc3ccccc3n2)cc1.[H-].[H-].[Mg+2]. The Morgan fingerprint density at radius 3 is 1.52 bits per heavy atom. The Balaban J connectivity index is 0.00000192. The molecule has 0 radical (unpaired) electrons. The first-order chi connectivity index (χ1) is 21.0. The van der Waals surface area contributed by atoms with Crippen LogP contribution in [0.1, 0.15) is 45.1 Å².